The number of rotatable bonds is 3. The van der Waals surface area contributed by atoms with Crippen LogP contribution in [0.4, 0.5) is 5.82 Å². The maximum Gasteiger partial charge on any atom is 0.149 e. The molecule has 1 heterocycles. The monoisotopic (exact) mass is 233 g/mol. The van der Waals surface area contributed by atoms with Crippen molar-refractivity contribution in [1.82, 2.24) is 9.97 Å². The van der Waals surface area contributed by atoms with Crippen LogP contribution in [0, 0.1) is 6.92 Å². The van der Waals surface area contributed by atoms with Crippen molar-refractivity contribution in [2.24, 2.45) is 0 Å². The number of nitrogens with zero attached hydrogens (tertiary/aromatic N) is 2. The van der Waals surface area contributed by atoms with E-state index in [2.05, 4.69) is 27.4 Å². The van der Waals surface area contributed by atoms with Crippen molar-refractivity contribution in [3.05, 3.63) is 52.9 Å². The minimum Gasteiger partial charge on any atom is -0.364 e. The quantitative estimate of drug-likeness (QED) is 0.886. The summed E-state index contributed by atoms with van der Waals surface area (Å²) in [5.41, 5.74) is 2.05. The Labute approximate surface area is 99.5 Å². The molecule has 0 saturated heterocycles. The molecule has 16 heavy (non-hydrogen) atoms. The van der Waals surface area contributed by atoms with E-state index in [1.165, 1.54) is 5.56 Å². The van der Waals surface area contributed by atoms with E-state index in [0.717, 1.165) is 18.1 Å². The highest BCUT2D eigenvalue weighted by molar-refractivity contribution is 6.29. The van der Waals surface area contributed by atoms with E-state index >= 15 is 0 Å². The molecule has 0 saturated carbocycles. The third-order valence-corrected chi connectivity index (χ3v) is 2.41. The van der Waals surface area contributed by atoms with Crippen molar-refractivity contribution < 1.29 is 0 Å². The number of nitrogens with one attached hydrogen (secondary N) is 1. The number of aryl methyl sites for hydroxylation is 1. The van der Waals surface area contributed by atoms with Crippen LogP contribution < -0.4 is 5.32 Å². The number of aromatic nitrogens is 2. The van der Waals surface area contributed by atoms with Crippen molar-refractivity contribution in [2.75, 3.05) is 5.32 Å². The minimum atomic E-state index is 0.404. The Morgan fingerprint density at radius 1 is 1.25 bits per heavy atom. The molecular weight excluding hydrogens is 222 g/mol. The first-order valence-corrected chi connectivity index (χ1v) is 5.40. The van der Waals surface area contributed by atoms with Crippen LogP contribution in [0.25, 0.3) is 0 Å². The number of halogens is 1. The zero-order valence-corrected chi connectivity index (χ0v) is 9.70. The maximum atomic E-state index is 5.78. The summed E-state index contributed by atoms with van der Waals surface area (Å²) in [6, 6.07) is 10.1. The highest BCUT2D eigenvalue weighted by Gasteiger charge is 2.01. The van der Waals surface area contributed by atoms with Crippen molar-refractivity contribution in [3.63, 3.8) is 0 Å². The second-order valence-corrected chi connectivity index (χ2v) is 3.85. The number of hydrogen-bond donors (Lipinski definition) is 1. The Balaban J connectivity index is 2.08. The molecular formula is C12H12ClN3. The van der Waals surface area contributed by atoms with Gasteiger partial charge in [0.15, 0.2) is 0 Å². The summed E-state index contributed by atoms with van der Waals surface area (Å²) >= 11 is 5.78. The minimum absolute atomic E-state index is 0.404. The van der Waals surface area contributed by atoms with Crippen LogP contribution in [0.15, 0.2) is 36.5 Å². The van der Waals surface area contributed by atoms with E-state index < -0.39 is 0 Å². The lowest BCUT2D eigenvalue weighted by Crippen LogP contribution is -2.04. The predicted molar refractivity (Wildman–Crippen MR) is 65.5 cm³/mol. The van der Waals surface area contributed by atoms with Gasteiger partial charge >= 0.3 is 0 Å². The smallest absolute Gasteiger partial charge is 0.149 e. The molecule has 0 radical (unpaired) electrons. The van der Waals surface area contributed by atoms with Gasteiger partial charge in [-0.15, -0.1) is 0 Å². The van der Waals surface area contributed by atoms with Crippen LogP contribution in [-0.2, 0) is 6.54 Å². The number of benzene rings is 1. The fourth-order valence-electron chi connectivity index (χ4n) is 1.38. The highest BCUT2D eigenvalue weighted by atomic mass is 35.5. The van der Waals surface area contributed by atoms with Gasteiger partial charge in [-0.25, -0.2) is 4.98 Å². The molecule has 0 spiro atoms. The van der Waals surface area contributed by atoms with E-state index in [1.807, 2.05) is 25.1 Å². The first-order valence-electron chi connectivity index (χ1n) is 5.02. The molecule has 0 aliphatic carbocycles. The molecule has 0 bridgehead atoms. The van der Waals surface area contributed by atoms with Crippen LogP contribution in [-0.4, -0.2) is 9.97 Å². The molecule has 1 aromatic heterocycles. The summed E-state index contributed by atoms with van der Waals surface area (Å²) < 4.78 is 0. The molecule has 0 unspecified atom stereocenters. The van der Waals surface area contributed by atoms with Crippen LogP contribution in [0.1, 0.15) is 11.3 Å². The third-order valence-electron chi connectivity index (χ3n) is 2.23. The molecule has 0 fully saturated rings. The predicted octanol–water partition coefficient (Wildman–Crippen LogP) is 3.05. The average Bonchev–Trinajstić information content (AvgIpc) is 2.32. The van der Waals surface area contributed by atoms with Crippen LogP contribution in [0.2, 0.25) is 5.15 Å². The summed E-state index contributed by atoms with van der Waals surface area (Å²) in [6.45, 7) is 2.62. The molecule has 82 valence electrons. The Bertz CT molecular complexity index is 471. The third kappa shape index (κ3) is 2.70. The van der Waals surface area contributed by atoms with Gasteiger partial charge in [-0.05, 0) is 12.5 Å². The molecule has 1 aromatic carbocycles. The summed E-state index contributed by atoms with van der Waals surface area (Å²) in [4.78, 5) is 8.31. The van der Waals surface area contributed by atoms with E-state index in [-0.39, 0.29) is 0 Å². The summed E-state index contributed by atoms with van der Waals surface area (Å²) in [7, 11) is 0. The molecule has 0 aliphatic heterocycles. The summed E-state index contributed by atoms with van der Waals surface area (Å²) in [5, 5.41) is 3.62. The second-order valence-electron chi connectivity index (χ2n) is 3.47. The van der Waals surface area contributed by atoms with Gasteiger partial charge in [0.1, 0.15) is 11.0 Å². The standard InChI is InChI=1S/C12H12ClN3/c1-9-12(16-11(13)8-14-9)15-7-10-5-3-2-4-6-10/h2-6,8H,7H2,1H3,(H,15,16). The van der Waals surface area contributed by atoms with Crippen LogP contribution in [0.3, 0.4) is 0 Å². The Morgan fingerprint density at radius 3 is 2.75 bits per heavy atom. The normalized spacial score (nSPS) is 10.1. The molecule has 2 aromatic rings. The molecule has 0 atom stereocenters. The highest BCUT2D eigenvalue weighted by Crippen LogP contribution is 2.13. The maximum absolute atomic E-state index is 5.78. The van der Waals surface area contributed by atoms with E-state index in [9.17, 15) is 0 Å². The average molecular weight is 234 g/mol. The Morgan fingerprint density at radius 2 is 2.00 bits per heavy atom. The number of hydrogen-bond acceptors (Lipinski definition) is 3. The molecule has 2 rings (SSSR count). The molecule has 1 N–H and O–H groups in total. The van der Waals surface area contributed by atoms with Crippen LogP contribution >= 0.6 is 11.6 Å². The van der Waals surface area contributed by atoms with Crippen LogP contribution in [0.5, 0.6) is 0 Å². The molecule has 4 heteroatoms. The summed E-state index contributed by atoms with van der Waals surface area (Å²) in [5.74, 6) is 0.733. The van der Waals surface area contributed by atoms with Gasteiger partial charge < -0.3 is 5.32 Å². The van der Waals surface area contributed by atoms with Gasteiger partial charge in [0, 0.05) is 6.54 Å². The molecule has 3 nitrogen and oxygen atoms in total. The Kier molecular flexibility index (Phi) is 3.37. The fourth-order valence-corrected chi connectivity index (χ4v) is 1.51. The van der Waals surface area contributed by atoms with Gasteiger partial charge in [-0.3, -0.25) is 4.98 Å². The topological polar surface area (TPSA) is 37.8 Å². The SMILES string of the molecule is Cc1ncc(Cl)nc1NCc1ccccc1. The lowest BCUT2D eigenvalue weighted by atomic mass is 10.2. The zero-order valence-electron chi connectivity index (χ0n) is 8.94. The lowest BCUT2D eigenvalue weighted by molar-refractivity contribution is 1.05. The lowest BCUT2D eigenvalue weighted by Gasteiger charge is -2.07. The van der Waals surface area contributed by atoms with Crippen molar-refractivity contribution in [2.45, 2.75) is 13.5 Å². The summed E-state index contributed by atoms with van der Waals surface area (Å²) in [6.07, 6.45) is 1.55. The Hall–Kier alpha value is -1.61. The van der Waals surface area contributed by atoms with Gasteiger partial charge in [0.2, 0.25) is 0 Å². The van der Waals surface area contributed by atoms with Crippen molar-refractivity contribution in [1.29, 1.82) is 0 Å². The number of anilines is 1. The zero-order chi connectivity index (χ0) is 11.4. The van der Waals surface area contributed by atoms with Gasteiger partial charge in [-0.2, -0.15) is 0 Å². The molecule has 0 aliphatic rings. The van der Waals surface area contributed by atoms with Gasteiger partial charge in [0.25, 0.3) is 0 Å². The second kappa shape index (κ2) is 4.94. The van der Waals surface area contributed by atoms with E-state index in [1.54, 1.807) is 6.20 Å². The van der Waals surface area contributed by atoms with Crippen molar-refractivity contribution in [3.8, 4) is 0 Å². The van der Waals surface area contributed by atoms with Gasteiger partial charge in [0.05, 0.1) is 11.9 Å². The van der Waals surface area contributed by atoms with E-state index in [0.29, 0.717) is 5.15 Å². The van der Waals surface area contributed by atoms with Gasteiger partial charge in [-0.1, -0.05) is 41.9 Å². The van der Waals surface area contributed by atoms with E-state index in [4.69, 9.17) is 11.6 Å². The first kappa shape index (κ1) is 10.9. The largest absolute Gasteiger partial charge is 0.364 e. The van der Waals surface area contributed by atoms with Crippen molar-refractivity contribution >= 4 is 17.4 Å². The molecule has 0 amide bonds. The first-order chi connectivity index (χ1) is 7.75. The fraction of sp³-hybridized carbons (Fsp3) is 0.167.